The summed E-state index contributed by atoms with van der Waals surface area (Å²) >= 11 is 3.43. The van der Waals surface area contributed by atoms with E-state index >= 15 is 0 Å². The second kappa shape index (κ2) is 6.53. The van der Waals surface area contributed by atoms with Crippen LogP contribution in [-0.4, -0.2) is 25.6 Å². The number of hydrogen-bond acceptors (Lipinski definition) is 3. The summed E-state index contributed by atoms with van der Waals surface area (Å²) in [6.45, 7) is 2.76. The molecule has 1 aromatic rings. The molecule has 0 radical (unpaired) electrons. The van der Waals surface area contributed by atoms with E-state index < -0.39 is 0 Å². The summed E-state index contributed by atoms with van der Waals surface area (Å²) in [7, 11) is 1.63. The van der Waals surface area contributed by atoms with Crippen molar-refractivity contribution in [3.05, 3.63) is 28.2 Å². The Bertz CT molecular complexity index is 459. The van der Waals surface area contributed by atoms with Crippen molar-refractivity contribution < 1.29 is 14.3 Å². The number of carbonyl (C=O) groups excluding carboxylic acids is 1. The molecule has 1 aliphatic rings. The third-order valence-corrected chi connectivity index (χ3v) is 4.13. The van der Waals surface area contributed by atoms with Gasteiger partial charge in [-0.05, 0) is 31.0 Å². The molecule has 0 spiro atoms. The van der Waals surface area contributed by atoms with E-state index in [1.54, 1.807) is 7.11 Å². The number of rotatable bonds is 5. The molecule has 1 fully saturated rings. The summed E-state index contributed by atoms with van der Waals surface area (Å²) in [5.74, 6) is 1.05. The summed E-state index contributed by atoms with van der Waals surface area (Å²) in [6, 6.07) is 5.75. The molecule has 1 aromatic carbocycles. The van der Waals surface area contributed by atoms with Gasteiger partial charge in [-0.3, -0.25) is 4.79 Å². The van der Waals surface area contributed by atoms with Crippen LogP contribution in [0.2, 0.25) is 0 Å². The highest BCUT2D eigenvalue weighted by atomic mass is 79.9. The molecule has 0 saturated carbocycles. The van der Waals surface area contributed by atoms with Crippen molar-refractivity contribution in [3.63, 3.8) is 0 Å². The first-order valence-electron chi connectivity index (χ1n) is 6.62. The van der Waals surface area contributed by atoms with E-state index in [1.165, 1.54) is 0 Å². The monoisotopic (exact) mass is 326 g/mol. The maximum Gasteiger partial charge on any atom is 0.143 e. The maximum absolute atomic E-state index is 12.4. The fourth-order valence-electron chi connectivity index (χ4n) is 2.62. The van der Waals surface area contributed by atoms with Crippen LogP contribution in [0.25, 0.3) is 0 Å². The summed E-state index contributed by atoms with van der Waals surface area (Å²) in [5, 5.41) is 0. The highest BCUT2D eigenvalue weighted by Crippen LogP contribution is 2.28. The summed E-state index contributed by atoms with van der Waals surface area (Å²) in [4.78, 5) is 12.4. The topological polar surface area (TPSA) is 35.5 Å². The minimum Gasteiger partial charge on any atom is -0.496 e. The van der Waals surface area contributed by atoms with Gasteiger partial charge in [0.05, 0.1) is 13.2 Å². The molecule has 2 unspecified atom stereocenters. The maximum atomic E-state index is 12.4. The molecular formula is C15H19BrO3. The van der Waals surface area contributed by atoms with Gasteiger partial charge in [-0.2, -0.15) is 0 Å². The number of ketones is 1. The number of carbonyl (C=O) groups is 1. The van der Waals surface area contributed by atoms with Crippen molar-refractivity contribution in [2.75, 3.05) is 13.7 Å². The molecule has 1 aliphatic heterocycles. The lowest BCUT2D eigenvalue weighted by Crippen LogP contribution is -2.25. The van der Waals surface area contributed by atoms with E-state index in [0.29, 0.717) is 13.0 Å². The first-order valence-corrected chi connectivity index (χ1v) is 7.41. The summed E-state index contributed by atoms with van der Waals surface area (Å²) < 4.78 is 11.9. The second-order valence-corrected chi connectivity index (χ2v) is 5.73. The van der Waals surface area contributed by atoms with Crippen molar-refractivity contribution in [2.24, 2.45) is 5.92 Å². The van der Waals surface area contributed by atoms with Gasteiger partial charge in [-0.1, -0.05) is 22.9 Å². The molecule has 1 saturated heterocycles. The van der Waals surface area contributed by atoms with Crippen molar-refractivity contribution >= 4 is 21.7 Å². The summed E-state index contributed by atoms with van der Waals surface area (Å²) in [5.41, 5.74) is 0.934. The van der Waals surface area contributed by atoms with Crippen molar-refractivity contribution in [3.8, 4) is 5.75 Å². The molecule has 2 rings (SSSR count). The molecule has 0 N–H and O–H groups in total. The highest BCUT2D eigenvalue weighted by molar-refractivity contribution is 9.10. The van der Waals surface area contributed by atoms with E-state index in [2.05, 4.69) is 22.9 Å². The molecule has 0 bridgehead atoms. The van der Waals surface area contributed by atoms with Crippen LogP contribution in [0.3, 0.4) is 0 Å². The number of methoxy groups -OCH3 is 1. The lowest BCUT2D eigenvalue weighted by molar-refractivity contribution is -0.123. The second-order valence-electron chi connectivity index (χ2n) is 4.81. The van der Waals surface area contributed by atoms with Gasteiger partial charge in [0, 0.05) is 29.0 Å². The zero-order chi connectivity index (χ0) is 13.8. The minimum absolute atomic E-state index is 0.0358. The third kappa shape index (κ3) is 3.37. The Labute approximate surface area is 122 Å². The van der Waals surface area contributed by atoms with Crippen LogP contribution in [0, 0.1) is 5.92 Å². The van der Waals surface area contributed by atoms with Gasteiger partial charge in [0.15, 0.2) is 0 Å². The van der Waals surface area contributed by atoms with Crippen LogP contribution in [0.5, 0.6) is 5.75 Å². The van der Waals surface area contributed by atoms with Gasteiger partial charge in [0.2, 0.25) is 0 Å². The lowest BCUT2D eigenvalue weighted by Gasteiger charge is -2.16. The standard InChI is InChI=1S/C15H19BrO3/c1-3-14-12(6-7-19-14)13(17)9-10-8-11(16)4-5-15(10)18-2/h4-5,8,12,14H,3,6-7,9H2,1-2H3. The molecule has 0 aromatic heterocycles. The van der Waals surface area contributed by atoms with Gasteiger partial charge < -0.3 is 9.47 Å². The minimum atomic E-state index is 0.0358. The van der Waals surface area contributed by atoms with Crippen LogP contribution in [-0.2, 0) is 16.0 Å². The number of benzene rings is 1. The van der Waals surface area contributed by atoms with Crippen molar-refractivity contribution in [2.45, 2.75) is 32.3 Å². The van der Waals surface area contributed by atoms with E-state index in [-0.39, 0.29) is 17.8 Å². The third-order valence-electron chi connectivity index (χ3n) is 3.63. The van der Waals surface area contributed by atoms with Crippen LogP contribution in [0.4, 0.5) is 0 Å². The number of halogens is 1. The average Bonchev–Trinajstić information content (AvgIpc) is 2.87. The van der Waals surface area contributed by atoms with Crippen LogP contribution < -0.4 is 4.74 Å². The van der Waals surface area contributed by atoms with Crippen LogP contribution in [0.15, 0.2) is 22.7 Å². The van der Waals surface area contributed by atoms with Gasteiger partial charge in [0.1, 0.15) is 11.5 Å². The lowest BCUT2D eigenvalue weighted by atomic mass is 9.91. The van der Waals surface area contributed by atoms with Crippen LogP contribution in [0.1, 0.15) is 25.3 Å². The fraction of sp³-hybridized carbons (Fsp3) is 0.533. The molecule has 3 nitrogen and oxygen atoms in total. The van der Waals surface area contributed by atoms with Gasteiger partial charge in [0.25, 0.3) is 0 Å². The van der Waals surface area contributed by atoms with Gasteiger partial charge in [-0.15, -0.1) is 0 Å². The Kier molecular flexibility index (Phi) is 4.99. The Balaban J connectivity index is 2.12. The van der Waals surface area contributed by atoms with E-state index in [1.807, 2.05) is 18.2 Å². The number of ether oxygens (including phenoxy) is 2. The summed E-state index contributed by atoms with van der Waals surface area (Å²) in [6.07, 6.45) is 2.23. The first kappa shape index (κ1) is 14.5. The van der Waals surface area contributed by atoms with E-state index in [0.717, 1.165) is 28.6 Å². The molecule has 1 heterocycles. The Morgan fingerprint density at radius 2 is 2.32 bits per heavy atom. The largest absolute Gasteiger partial charge is 0.496 e. The Morgan fingerprint density at radius 3 is 3.00 bits per heavy atom. The zero-order valence-electron chi connectivity index (χ0n) is 11.3. The van der Waals surface area contributed by atoms with E-state index in [9.17, 15) is 4.79 Å². The average molecular weight is 327 g/mol. The molecule has 4 heteroatoms. The van der Waals surface area contributed by atoms with E-state index in [4.69, 9.17) is 9.47 Å². The quantitative estimate of drug-likeness (QED) is 0.832. The molecule has 19 heavy (non-hydrogen) atoms. The normalized spacial score (nSPS) is 22.5. The molecular weight excluding hydrogens is 308 g/mol. The Hall–Kier alpha value is -0.870. The van der Waals surface area contributed by atoms with Gasteiger partial charge >= 0.3 is 0 Å². The highest BCUT2D eigenvalue weighted by Gasteiger charge is 2.32. The molecule has 0 aliphatic carbocycles. The SMILES string of the molecule is CCC1OCCC1C(=O)Cc1cc(Br)ccc1OC. The number of Topliss-reactive ketones (excluding diaryl/α,β-unsaturated/α-hetero) is 1. The van der Waals surface area contributed by atoms with Crippen molar-refractivity contribution in [1.82, 2.24) is 0 Å². The molecule has 0 amide bonds. The van der Waals surface area contributed by atoms with Crippen molar-refractivity contribution in [1.29, 1.82) is 0 Å². The van der Waals surface area contributed by atoms with Crippen LogP contribution >= 0.6 is 15.9 Å². The fourth-order valence-corrected chi connectivity index (χ4v) is 3.03. The first-order chi connectivity index (χ1) is 9.15. The molecule has 104 valence electrons. The predicted molar refractivity (Wildman–Crippen MR) is 77.5 cm³/mol. The van der Waals surface area contributed by atoms with Gasteiger partial charge in [-0.25, -0.2) is 0 Å². The number of hydrogen-bond donors (Lipinski definition) is 0. The predicted octanol–water partition coefficient (Wildman–Crippen LogP) is 3.38. The molecule has 2 atom stereocenters. The smallest absolute Gasteiger partial charge is 0.143 e. The zero-order valence-corrected chi connectivity index (χ0v) is 12.9. The Morgan fingerprint density at radius 1 is 1.53 bits per heavy atom.